The first-order chi connectivity index (χ1) is 18.5. The van der Waals surface area contributed by atoms with Crippen LogP contribution in [0.1, 0.15) is 68.7 Å². The smallest absolute Gasteiger partial charge is 0.0991 e. The highest BCUT2D eigenvalue weighted by Crippen LogP contribution is 2.25. The zero-order valence-electron chi connectivity index (χ0n) is 23.6. The molecule has 0 amide bonds. The highest BCUT2D eigenvalue weighted by Gasteiger charge is 2.07. The molecule has 1 unspecified atom stereocenters. The number of allylic oxidation sites excluding steroid dienone is 5. The van der Waals surface area contributed by atoms with Crippen molar-refractivity contribution >= 4 is 5.57 Å². The van der Waals surface area contributed by atoms with Gasteiger partial charge in [0.15, 0.2) is 0 Å². The maximum Gasteiger partial charge on any atom is 0.0991 e. The molecule has 0 saturated carbocycles. The highest BCUT2D eigenvalue weighted by atomic mass is 14.7. The second-order valence-corrected chi connectivity index (χ2v) is 9.45. The quantitative estimate of drug-likeness (QED) is 0.333. The van der Waals surface area contributed by atoms with Crippen molar-refractivity contribution in [3.63, 3.8) is 0 Å². The largest absolute Gasteiger partial charge is 0.333 e. The van der Waals surface area contributed by atoms with Gasteiger partial charge in [0.05, 0.1) is 17.3 Å². The second kappa shape index (κ2) is 16.9. The Morgan fingerprint density at radius 2 is 1.79 bits per heavy atom. The molecule has 38 heavy (non-hydrogen) atoms. The van der Waals surface area contributed by atoms with Gasteiger partial charge >= 0.3 is 0 Å². The molecule has 1 aliphatic rings. The third-order valence-electron chi connectivity index (χ3n) is 6.62. The van der Waals surface area contributed by atoms with Crippen LogP contribution in [0.15, 0.2) is 97.2 Å². The van der Waals surface area contributed by atoms with Crippen molar-refractivity contribution in [2.24, 2.45) is 11.7 Å². The lowest BCUT2D eigenvalue weighted by atomic mass is 9.93. The predicted molar refractivity (Wildman–Crippen MR) is 164 cm³/mol. The van der Waals surface area contributed by atoms with E-state index in [0.29, 0.717) is 5.56 Å². The lowest BCUT2D eigenvalue weighted by Gasteiger charge is -2.13. The van der Waals surface area contributed by atoms with Gasteiger partial charge in [0.1, 0.15) is 0 Å². The van der Waals surface area contributed by atoms with Gasteiger partial charge in [0.25, 0.3) is 0 Å². The molecular weight excluding hydrogens is 462 g/mol. The Labute approximate surface area is 230 Å². The summed E-state index contributed by atoms with van der Waals surface area (Å²) in [6, 6.07) is 22.5. The van der Waals surface area contributed by atoms with Gasteiger partial charge in [-0.15, -0.1) is 0 Å². The van der Waals surface area contributed by atoms with E-state index in [1.54, 1.807) is 0 Å². The van der Waals surface area contributed by atoms with Gasteiger partial charge in [-0.25, -0.2) is 0 Å². The van der Waals surface area contributed by atoms with Crippen molar-refractivity contribution in [2.75, 3.05) is 7.05 Å². The topological polar surface area (TPSA) is 62.7 Å². The molecule has 2 aromatic carbocycles. The zero-order valence-corrected chi connectivity index (χ0v) is 23.6. The van der Waals surface area contributed by atoms with Crippen LogP contribution in [0.25, 0.3) is 16.8 Å². The highest BCUT2D eigenvalue weighted by molar-refractivity contribution is 5.68. The van der Waals surface area contributed by atoms with E-state index in [2.05, 4.69) is 98.8 Å². The first-order valence-electron chi connectivity index (χ1n) is 13.7. The Balaban J connectivity index is 0.000000353. The van der Waals surface area contributed by atoms with Crippen LogP contribution >= 0.6 is 0 Å². The molecule has 1 aromatic heterocycles. The lowest BCUT2D eigenvalue weighted by Crippen LogP contribution is -1.98. The Hall–Kier alpha value is -3.74. The summed E-state index contributed by atoms with van der Waals surface area (Å²) in [7, 11) is 1.50. The first-order valence-corrected chi connectivity index (χ1v) is 13.7. The average molecular weight is 506 g/mol. The van der Waals surface area contributed by atoms with E-state index in [1.807, 2.05) is 30.5 Å². The van der Waals surface area contributed by atoms with Crippen LogP contribution in [-0.2, 0) is 12.8 Å². The minimum absolute atomic E-state index is 0.694. The maximum atomic E-state index is 8.86. The van der Waals surface area contributed by atoms with Crippen LogP contribution in [0.2, 0.25) is 0 Å². The second-order valence-electron chi connectivity index (χ2n) is 9.45. The molecular formula is C35H43N3. The van der Waals surface area contributed by atoms with Crippen LogP contribution < -0.4 is 5.73 Å². The van der Waals surface area contributed by atoms with Crippen LogP contribution in [0.5, 0.6) is 0 Å². The molecule has 0 aliphatic heterocycles. The molecule has 3 heteroatoms. The fraction of sp³-hybridized carbons (Fsp3) is 0.314. The molecule has 1 aliphatic carbocycles. The van der Waals surface area contributed by atoms with Crippen molar-refractivity contribution in [1.82, 2.24) is 4.98 Å². The van der Waals surface area contributed by atoms with Crippen LogP contribution in [0.3, 0.4) is 0 Å². The van der Waals surface area contributed by atoms with Crippen LogP contribution in [0.4, 0.5) is 0 Å². The van der Waals surface area contributed by atoms with Gasteiger partial charge in [-0.05, 0) is 92.5 Å². The summed E-state index contributed by atoms with van der Waals surface area (Å²) < 4.78 is 0. The van der Waals surface area contributed by atoms with Crippen LogP contribution in [-0.4, -0.2) is 12.0 Å². The van der Waals surface area contributed by atoms with E-state index in [0.717, 1.165) is 42.0 Å². The summed E-state index contributed by atoms with van der Waals surface area (Å²) in [5.74, 6) is 0.829. The number of pyridine rings is 1. The molecule has 198 valence electrons. The molecule has 1 atom stereocenters. The molecule has 0 bridgehead atoms. The third kappa shape index (κ3) is 9.61. The van der Waals surface area contributed by atoms with E-state index in [1.165, 1.54) is 48.6 Å². The molecule has 4 rings (SSSR count). The number of nitrogens with zero attached hydrogens (tertiary/aromatic N) is 2. The minimum atomic E-state index is 0.694. The van der Waals surface area contributed by atoms with Gasteiger partial charge in [-0.2, -0.15) is 5.26 Å². The predicted octanol–water partition coefficient (Wildman–Crippen LogP) is 8.71. The normalized spacial score (nSPS) is 13.7. The summed E-state index contributed by atoms with van der Waals surface area (Å²) in [4.78, 5) is 4.66. The summed E-state index contributed by atoms with van der Waals surface area (Å²) >= 11 is 0. The number of aryl methyl sites for hydroxylation is 2. The summed E-state index contributed by atoms with van der Waals surface area (Å²) in [5, 5.41) is 8.86. The molecule has 3 nitrogen and oxygen atoms in total. The summed E-state index contributed by atoms with van der Waals surface area (Å²) in [6.45, 7) is 10.8. The number of aromatic nitrogens is 1. The number of rotatable bonds is 8. The standard InChI is InChI=1S/C24H22N2.C10H16.CH5N/c1-3-21-6-4-5-7-23(21)24-15-14-22(17-26-24)18(2)8-9-19-10-12-20(16-25)13-11-19;1-3-5-10-7-4-6-9(2)8-10;1-2/h4-7,10-15,17H,2-3,8-9H2,1H3;4,6,8,10H,3,5,7H2,1-2H3;2H2,1H3. The SMILES string of the molecule is C=C(CCc1ccc(C#N)cc1)c1ccc(-c2ccccc2CC)nc1.CCCC1C=C(C)C=CC1.CN. The van der Waals surface area contributed by atoms with E-state index in [-0.39, 0.29) is 0 Å². The van der Waals surface area contributed by atoms with Crippen molar-refractivity contribution in [3.05, 3.63) is 119 Å². The van der Waals surface area contributed by atoms with Crippen molar-refractivity contribution in [1.29, 1.82) is 5.26 Å². The Kier molecular flexibility index (Phi) is 13.6. The third-order valence-corrected chi connectivity index (χ3v) is 6.62. The molecule has 0 saturated heterocycles. The molecule has 2 N–H and O–H groups in total. The summed E-state index contributed by atoms with van der Waals surface area (Å²) in [5.41, 5.74) is 13.5. The van der Waals surface area contributed by atoms with E-state index in [9.17, 15) is 0 Å². The number of hydrogen-bond donors (Lipinski definition) is 1. The Bertz CT molecular complexity index is 1230. The number of nitriles is 1. The van der Waals surface area contributed by atoms with E-state index in [4.69, 9.17) is 5.26 Å². The zero-order chi connectivity index (χ0) is 27.8. The maximum absolute atomic E-state index is 8.86. The van der Waals surface area contributed by atoms with Gasteiger partial charge in [-0.1, -0.05) is 93.1 Å². The summed E-state index contributed by atoms with van der Waals surface area (Å²) in [6.07, 6.45) is 15.5. The van der Waals surface area contributed by atoms with E-state index >= 15 is 0 Å². The first kappa shape index (κ1) is 30.5. The average Bonchev–Trinajstić information content (AvgIpc) is 2.98. The monoisotopic (exact) mass is 505 g/mol. The van der Waals surface area contributed by atoms with Crippen molar-refractivity contribution in [3.8, 4) is 17.3 Å². The molecule has 3 aromatic rings. The molecule has 0 fully saturated rings. The molecule has 1 heterocycles. The Morgan fingerprint density at radius 1 is 1.05 bits per heavy atom. The van der Waals surface area contributed by atoms with Crippen LogP contribution in [0, 0.1) is 17.2 Å². The fourth-order valence-electron chi connectivity index (χ4n) is 4.52. The number of hydrogen-bond acceptors (Lipinski definition) is 3. The van der Waals surface area contributed by atoms with E-state index < -0.39 is 0 Å². The van der Waals surface area contributed by atoms with Crippen molar-refractivity contribution < 1.29 is 0 Å². The molecule has 0 spiro atoms. The van der Waals surface area contributed by atoms with Gasteiger partial charge < -0.3 is 5.73 Å². The van der Waals surface area contributed by atoms with Crippen molar-refractivity contribution in [2.45, 2.75) is 59.3 Å². The van der Waals surface area contributed by atoms with Gasteiger partial charge in [-0.3, -0.25) is 4.98 Å². The minimum Gasteiger partial charge on any atom is -0.333 e. The lowest BCUT2D eigenvalue weighted by molar-refractivity contribution is 0.580. The fourth-order valence-corrected chi connectivity index (χ4v) is 4.52. The van der Waals surface area contributed by atoms with Gasteiger partial charge in [0.2, 0.25) is 0 Å². The van der Waals surface area contributed by atoms with Gasteiger partial charge in [0, 0.05) is 11.8 Å². The molecule has 0 radical (unpaired) electrons. The Morgan fingerprint density at radius 3 is 2.39 bits per heavy atom. The number of benzene rings is 2. The number of nitrogens with two attached hydrogens (primary N) is 1.